The van der Waals surface area contributed by atoms with Crippen LogP contribution in [0.3, 0.4) is 0 Å². The minimum Gasteiger partial charge on any atom is -0.273 e. The van der Waals surface area contributed by atoms with Gasteiger partial charge in [-0.2, -0.15) is 5.10 Å². The Morgan fingerprint density at radius 3 is 2.62 bits per heavy atom. The lowest BCUT2D eigenvalue weighted by Crippen LogP contribution is -2.28. The molecule has 1 aromatic carbocycles. The monoisotopic (exact) mass is 316 g/mol. The molecule has 1 fully saturated rings. The predicted molar refractivity (Wildman–Crippen MR) is 73.5 cm³/mol. The molecule has 0 aliphatic carbocycles. The highest BCUT2D eigenvalue weighted by molar-refractivity contribution is 7.91. The van der Waals surface area contributed by atoms with Crippen LogP contribution < -0.4 is 5.43 Å². The lowest BCUT2D eigenvalue weighted by atomic mass is 10.1. The molecule has 0 bridgehead atoms. The van der Waals surface area contributed by atoms with Gasteiger partial charge in [-0.1, -0.05) is 0 Å². The minimum atomic E-state index is -3.14. The van der Waals surface area contributed by atoms with E-state index in [1.807, 2.05) is 0 Å². The number of halogens is 2. The zero-order valence-corrected chi connectivity index (χ0v) is 12.1. The number of rotatable bonds is 3. The van der Waals surface area contributed by atoms with E-state index < -0.39 is 33.3 Å². The number of nitrogens with one attached hydrogen (secondary N) is 1. The van der Waals surface area contributed by atoms with Gasteiger partial charge in [-0.25, -0.2) is 22.6 Å². The van der Waals surface area contributed by atoms with E-state index in [0.717, 1.165) is 12.1 Å². The molecule has 1 atom stereocenters. The molecule has 1 aliphatic rings. The fraction of sp³-hybridized carbons (Fsp3) is 0.385. The fourth-order valence-electron chi connectivity index (χ4n) is 2.02. The number of amides is 1. The number of sulfone groups is 1. The van der Waals surface area contributed by atoms with Gasteiger partial charge in [-0.05, 0) is 31.5 Å². The first-order valence-corrected chi connectivity index (χ1v) is 8.10. The van der Waals surface area contributed by atoms with Gasteiger partial charge >= 0.3 is 0 Å². The molecule has 1 saturated heterocycles. The van der Waals surface area contributed by atoms with Gasteiger partial charge in [0.15, 0.2) is 21.5 Å². The number of carbonyl (C=O) groups is 1. The third-order valence-electron chi connectivity index (χ3n) is 3.27. The highest BCUT2D eigenvalue weighted by Crippen LogP contribution is 2.18. The molecule has 0 saturated carbocycles. The van der Waals surface area contributed by atoms with Gasteiger partial charge in [0.05, 0.1) is 23.1 Å². The quantitative estimate of drug-likeness (QED) is 0.673. The Balaban J connectivity index is 2.03. The van der Waals surface area contributed by atoms with Gasteiger partial charge in [-0.15, -0.1) is 0 Å². The van der Waals surface area contributed by atoms with E-state index in [9.17, 15) is 22.0 Å². The molecule has 5 nitrogen and oxygen atoms in total. The first-order valence-electron chi connectivity index (χ1n) is 6.28. The van der Waals surface area contributed by atoms with E-state index in [0.29, 0.717) is 11.3 Å². The van der Waals surface area contributed by atoms with E-state index >= 15 is 0 Å². The molecule has 0 radical (unpaired) electrons. The lowest BCUT2D eigenvalue weighted by molar-refractivity contribution is -0.124. The Kier molecular flexibility index (Phi) is 4.36. The summed E-state index contributed by atoms with van der Waals surface area (Å²) in [7, 11) is -3.14. The largest absolute Gasteiger partial charge is 0.273 e. The van der Waals surface area contributed by atoms with Crippen LogP contribution >= 0.6 is 0 Å². The van der Waals surface area contributed by atoms with Gasteiger partial charge in [0.2, 0.25) is 5.91 Å². The highest BCUT2D eigenvalue weighted by atomic mass is 32.2. The molecule has 0 aromatic heterocycles. The zero-order valence-electron chi connectivity index (χ0n) is 11.3. The molecule has 1 N–H and O–H groups in total. The summed E-state index contributed by atoms with van der Waals surface area (Å²) in [4.78, 5) is 11.8. The zero-order chi connectivity index (χ0) is 15.6. The SMILES string of the molecule is C/C(=N/NC(=O)[C@@H]1CCS(=O)(=O)C1)c1ccc(F)c(F)c1. The molecule has 2 rings (SSSR count). The third-order valence-corrected chi connectivity index (χ3v) is 5.04. The van der Waals surface area contributed by atoms with Gasteiger partial charge in [-0.3, -0.25) is 4.79 Å². The summed E-state index contributed by atoms with van der Waals surface area (Å²) >= 11 is 0. The van der Waals surface area contributed by atoms with Crippen molar-refractivity contribution in [1.29, 1.82) is 0 Å². The second-order valence-corrected chi connectivity index (χ2v) is 7.13. The summed E-state index contributed by atoms with van der Waals surface area (Å²) in [6.07, 6.45) is 0.272. The van der Waals surface area contributed by atoms with Crippen LogP contribution in [0.1, 0.15) is 18.9 Å². The lowest BCUT2D eigenvalue weighted by Gasteiger charge is -2.07. The van der Waals surface area contributed by atoms with E-state index in [1.165, 1.54) is 13.0 Å². The number of hydrogen-bond donors (Lipinski definition) is 1. The van der Waals surface area contributed by atoms with Crippen LogP contribution in [0.25, 0.3) is 0 Å². The molecule has 21 heavy (non-hydrogen) atoms. The number of nitrogens with zero attached hydrogens (tertiary/aromatic N) is 1. The molecule has 1 aromatic rings. The molecule has 1 aliphatic heterocycles. The van der Waals surface area contributed by atoms with Crippen molar-refractivity contribution < 1.29 is 22.0 Å². The summed E-state index contributed by atoms with van der Waals surface area (Å²) in [6, 6.07) is 3.28. The molecular formula is C13H14F2N2O3S. The van der Waals surface area contributed by atoms with E-state index in [1.54, 1.807) is 0 Å². The predicted octanol–water partition coefficient (Wildman–Crippen LogP) is 1.24. The van der Waals surface area contributed by atoms with Crippen molar-refractivity contribution >= 4 is 21.5 Å². The smallest absolute Gasteiger partial charge is 0.244 e. The van der Waals surface area contributed by atoms with Crippen molar-refractivity contribution in [2.45, 2.75) is 13.3 Å². The third kappa shape index (κ3) is 3.84. The Morgan fingerprint density at radius 1 is 1.33 bits per heavy atom. The van der Waals surface area contributed by atoms with Gasteiger partial charge in [0.1, 0.15) is 0 Å². The van der Waals surface area contributed by atoms with Crippen molar-refractivity contribution in [3.05, 3.63) is 35.4 Å². The number of benzene rings is 1. The van der Waals surface area contributed by atoms with Crippen molar-refractivity contribution in [2.75, 3.05) is 11.5 Å². The molecule has 1 heterocycles. The molecular weight excluding hydrogens is 302 g/mol. The van der Waals surface area contributed by atoms with Crippen LogP contribution in [-0.2, 0) is 14.6 Å². The maximum Gasteiger partial charge on any atom is 0.244 e. The minimum absolute atomic E-state index is 0.00302. The summed E-state index contributed by atoms with van der Waals surface area (Å²) in [5.41, 5.74) is 2.88. The molecule has 0 unspecified atom stereocenters. The summed E-state index contributed by atoms with van der Waals surface area (Å²) < 4.78 is 48.5. The van der Waals surface area contributed by atoms with Crippen molar-refractivity contribution in [3.63, 3.8) is 0 Å². The van der Waals surface area contributed by atoms with Crippen LogP contribution in [0, 0.1) is 17.6 Å². The fourth-order valence-corrected chi connectivity index (χ4v) is 3.76. The average Bonchev–Trinajstić information content (AvgIpc) is 2.79. The number of hydrazone groups is 1. The standard InChI is InChI=1S/C13H14F2N2O3S/c1-8(9-2-3-11(14)12(15)6-9)16-17-13(18)10-4-5-21(19,20)7-10/h2-3,6,10H,4-5,7H2,1H3,(H,17,18)/b16-8-/t10-/m1/s1. The number of carbonyl (C=O) groups excluding carboxylic acids is 1. The maximum atomic E-state index is 13.1. The number of hydrogen-bond acceptors (Lipinski definition) is 4. The van der Waals surface area contributed by atoms with E-state index in [4.69, 9.17) is 0 Å². The second kappa shape index (κ2) is 5.88. The second-order valence-electron chi connectivity index (χ2n) is 4.90. The Bertz CT molecular complexity index is 701. The average molecular weight is 316 g/mol. The van der Waals surface area contributed by atoms with Crippen molar-refractivity contribution in [2.24, 2.45) is 11.0 Å². The Morgan fingerprint density at radius 2 is 2.05 bits per heavy atom. The van der Waals surface area contributed by atoms with E-state index in [2.05, 4.69) is 10.5 Å². The maximum absolute atomic E-state index is 13.1. The first-order chi connectivity index (χ1) is 9.78. The summed E-state index contributed by atoms with van der Waals surface area (Å²) in [6.45, 7) is 1.53. The van der Waals surface area contributed by atoms with Crippen LogP contribution in [0.15, 0.2) is 23.3 Å². The normalized spacial score (nSPS) is 21.3. The summed E-state index contributed by atoms with van der Waals surface area (Å²) in [5.74, 6) is -3.26. The van der Waals surface area contributed by atoms with Crippen LogP contribution in [0.5, 0.6) is 0 Å². The van der Waals surface area contributed by atoms with Gasteiger partial charge in [0.25, 0.3) is 0 Å². The van der Waals surface area contributed by atoms with Gasteiger partial charge < -0.3 is 0 Å². The van der Waals surface area contributed by atoms with Crippen LogP contribution in [0.2, 0.25) is 0 Å². The van der Waals surface area contributed by atoms with Gasteiger partial charge in [0, 0.05) is 5.56 Å². The topological polar surface area (TPSA) is 75.6 Å². The molecule has 114 valence electrons. The Labute approximate surface area is 121 Å². The molecule has 8 heteroatoms. The molecule has 1 amide bonds. The van der Waals surface area contributed by atoms with E-state index in [-0.39, 0.29) is 17.9 Å². The van der Waals surface area contributed by atoms with Crippen molar-refractivity contribution in [1.82, 2.24) is 5.43 Å². The molecule has 0 spiro atoms. The Hall–Kier alpha value is -1.83. The van der Waals surface area contributed by atoms with Crippen molar-refractivity contribution in [3.8, 4) is 0 Å². The highest BCUT2D eigenvalue weighted by Gasteiger charge is 2.32. The summed E-state index contributed by atoms with van der Waals surface area (Å²) in [5, 5.41) is 3.79. The first kappa shape index (κ1) is 15.6. The van der Waals surface area contributed by atoms with Crippen LogP contribution in [-0.4, -0.2) is 31.5 Å². The van der Waals surface area contributed by atoms with Crippen LogP contribution in [0.4, 0.5) is 8.78 Å².